The molecule has 0 bridgehead atoms. The molecule has 0 aliphatic carbocycles. The summed E-state index contributed by atoms with van der Waals surface area (Å²) >= 11 is 0. The van der Waals surface area contributed by atoms with Crippen molar-refractivity contribution in [2.24, 2.45) is 0 Å². The van der Waals surface area contributed by atoms with Gasteiger partial charge in [-0.25, -0.2) is 0 Å². The highest BCUT2D eigenvalue weighted by atomic mass is 32.2. The minimum absolute atomic E-state index is 0.174. The summed E-state index contributed by atoms with van der Waals surface area (Å²) in [5.41, 5.74) is 4.18. The van der Waals surface area contributed by atoms with Gasteiger partial charge >= 0.3 is 0 Å². The summed E-state index contributed by atoms with van der Waals surface area (Å²) < 4.78 is 32.1. The molecule has 0 saturated carbocycles. The van der Waals surface area contributed by atoms with Gasteiger partial charge < -0.3 is 5.11 Å². The van der Waals surface area contributed by atoms with Gasteiger partial charge in [0.2, 0.25) is 0 Å². The molecule has 3 aromatic carbocycles. The standard InChI is InChI=1S/C23H24O4S/c1-23(2,19-9-4-3-5-10-19)20-11-7-6-8-18(20)14-12-17-13-15-21(24)22(16-17)28(25,26)27/h3-11,13,15-16,24H,12,14H2,1-2H3,(H,25,26,27). The highest BCUT2D eigenvalue weighted by Gasteiger charge is 2.25. The normalized spacial score (nSPS) is 12.1. The Bertz CT molecular complexity index is 1070. The molecule has 5 heteroatoms. The van der Waals surface area contributed by atoms with Crippen molar-refractivity contribution in [2.45, 2.75) is 37.0 Å². The quantitative estimate of drug-likeness (QED) is 0.590. The average molecular weight is 397 g/mol. The van der Waals surface area contributed by atoms with Crippen LogP contribution in [0.1, 0.15) is 36.1 Å². The fraction of sp³-hybridized carbons (Fsp3) is 0.217. The number of aromatic hydroxyl groups is 1. The van der Waals surface area contributed by atoms with Gasteiger partial charge in [0.15, 0.2) is 0 Å². The van der Waals surface area contributed by atoms with Crippen LogP contribution in [-0.2, 0) is 28.4 Å². The van der Waals surface area contributed by atoms with Crippen LogP contribution in [0.5, 0.6) is 5.75 Å². The van der Waals surface area contributed by atoms with Crippen LogP contribution in [0.25, 0.3) is 0 Å². The van der Waals surface area contributed by atoms with Crippen LogP contribution in [-0.4, -0.2) is 18.1 Å². The zero-order valence-corrected chi connectivity index (χ0v) is 16.8. The van der Waals surface area contributed by atoms with E-state index in [2.05, 4.69) is 38.1 Å². The topological polar surface area (TPSA) is 74.6 Å². The Morgan fingerprint density at radius 1 is 0.857 bits per heavy atom. The third-order valence-electron chi connectivity index (χ3n) is 5.17. The summed E-state index contributed by atoms with van der Waals surface area (Å²) in [6.07, 6.45) is 1.30. The maximum absolute atomic E-state index is 11.4. The summed E-state index contributed by atoms with van der Waals surface area (Å²) in [7, 11) is -4.46. The Morgan fingerprint density at radius 3 is 2.18 bits per heavy atom. The van der Waals surface area contributed by atoms with Crippen molar-refractivity contribution in [2.75, 3.05) is 0 Å². The van der Waals surface area contributed by atoms with Crippen LogP contribution < -0.4 is 0 Å². The van der Waals surface area contributed by atoms with Crippen molar-refractivity contribution in [1.29, 1.82) is 0 Å². The van der Waals surface area contributed by atoms with Gasteiger partial charge in [0, 0.05) is 5.41 Å². The van der Waals surface area contributed by atoms with Crippen molar-refractivity contribution in [1.82, 2.24) is 0 Å². The van der Waals surface area contributed by atoms with Crippen LogP contribution in [0.3, 0.4) is 0 Å². The van der Waals surface area contributed by atoms with Crippen LogP contribution >= 0.6 is 0 Å². The zero-order chi connectivity index (χ0) is 20.4. The fourth-order valence-corrected chi connectivity index (χ4v) is 4.19. The van der Waals surface area contributed by atoms with E-state index in [1.165, 1.54) is 28.8 Å². The van der Waals surface area contributed by atoms with Gasteiger partial charge in [-0.3, -0.25) is 4.55 Å². The second kappa shape index (κ2) is 7.78. The van der Waals surface area contributed by atoms with E-state index >= 15 is 0 Å². The number of hydrogen-bond acceptors (Lipinski definition) is 3. The molecule has 146 valence electrons. The van der Waals surface area contributed by atoms with E-state index in [4.69, 9.17) is 0 Å². The van der Waals surface area contributed by atoms with Gasteiger partial charge in [-0.2, -0.15) is 8.42 Å². The molecule has 2 N–H and O–H groups in total. The summed E-state index contributed by atoms with van der Waals surface area (Å²) in [5, 5.41) is 9.69. The third kappa shape index (κ3) is 4.26. The minimum Gasteiger partial charge on any atom is -0.506 e. The number of benzene rings is 3. The van der Waals surface area contributed by atoms with E-state index in [0.29, 0.717) is 12.8 Å². The van der Waals surface area contributed by atoms with E-state index in [9.17, 15) is 18.1 Å². The maximum Gasteiger partial charge on any atom is 0.298 e. The molecule has 3 aromatic rings. The maximum atomic E-state index is 11.4. The van der Waals surface area contributed by atoms with E-state index in [0.717, 1.165) is 5.56 Å². The van der Waals surface area contributed by atoms with Gasteiger partial charge in [0.1, 0.15) is 10.6 Å². The first-order valence-corrected chi connectivity index (χ1v) is 10.6. The fourth-order valence-electron chi connectivity index (χ4n) is 3.56. The van der Waals surface area contributed by atoms with Crippen LogP contribution in [0.4, 0.5) is 0 Å². The molecule has 0 atom stereocenters. The predicted octanol–water partition coefficient (Wildman–Crippen LogP) is 4.75. The van der Waals surface area contributed by atoms with Crippen molar-refractivity contribution in [3.05, 3.63) is 95.1 Å². The van der Waals surface area contributed by atoms with E-state index in [1.54, 1.807) is 6.07 Å². The van der Waals surface area contributed by atoms with Crippen LogP contribution in [0.2, 0.25) is 0 Å². The average Bonchev–Trinajstić information content (AvgIpc) is 2.67. The monoisotopic (exact) mass is 396 g/mol. The number of phenols is 1. The molecule has 0 aliphatic heterocycles. The first kappa shape index (κ1) is 20.1. The molecule has 28 heavy (non-hydrogen) atoms. The van der Waals surface area contributed by atoms with Crippen molar-refractivity contribution < 1.29 is 18.1 Å². The number of hydrogen-bond donors (Lipinski definition) is 2. The minimum atomic E-state index is -4.46. The van der Waals surface area contributed by atoms with Crippen molar-refractivity contribution in [3.8, 4) is 5.75 Å². The SMILES string of the molecule is CC(C)(c1ccccc1)c1ccccc1CCc1ccc(O)c(S(=O)(=O)O)c1. The second-order valence-corrected chi connectivity index (χ2v) is 8.82. The molecule has 0 aliphatic rings. The van der Waals surface area contributed by atoms with E-state index in [1.807, 2.05) is 30.3 Å². The van der Waals surface area contributed by atoms with E-state index < -0.39 is 20.8 Å². The predicted molar refractivity (Wildman–Crippen MR) is 110 cm³/mol. The molecular weight excluding hydrogens is 372 g/mol. The first-order chi connectivity index (χ1) is 13.2. The van der Waals surface area contributed by atoms with Crippen molar-refractivity contribution in [3.63, 3.8) is 0 Å². The lowest BCUT2D eigenvalue weighted by Crippen LogP contribution is -2.21. The molecular formula is C23H24O4S. The lowest BCUT2D eigenvalue weighted by Gasteiger charge is -2.28. The van der Waals surface area contributed by atoms with Gasteiger partial charge in [-0.15, -0.1) is 0 Å². The smallest absolute Gasteiger partial charge is 0.298 e. The molecule has 4 nitrogen and oxygen atoms in total. The molecule has 0 radical (unpaired) electrons. The molecule has 0 amide bonds. The number of rotatable bonds is 6. The lowest BCUT2D eigenvalue weighted by molar-refractivity contribution is 0.443. The summed E-state index contributed by atoms with van der Waals surface area (Å²) in [6, 6.07) is 22.9. The highest BCUT2D eigenvalue weighted by molar-refractivity contribution is 7.86. The van der Waals surface area contributed by atoms with Gasteiger partial charge in [-0.1, -0.05) is 74.5 Å². The van der Waals surface area contributed by atoms with Crippen LogP contribution in [0.15, 0.2) is 77.7 Å². The Labute approximate surface area is 166 Å². The Kier molecular flexibility index (Phi) is 5.59. The third-order valence-corrected chi connectivity index (χ3v) is 6.05. The lowest BCUT2D eigenvalue weighted by atomic mass is 9.75. The number of phenolic OH excluding ortho intramolecular Hbond substituents is 1. The second-order valence-electron chi connectivity index (χ2n) is 7.43. The molecule has 0 unspecified atom stereocenters. The highest BCUT2D eigenvalue weighted by Crippen LogP contribution is 2.34. The Balaban J connectivity index is 1.90. The summed E-state index contributed by atoms with van der Waals surface area (Å²) in [6.45, 7) is 4.39. The Hall–Kier alpha value is -2.63. The number of aryl methyl sites for hydroxylation is 2. The molecule has 0 heterocycles. The molecule has 0 fully saturated rings. The first-order valence-electron chi connectivity index (χ1n) is 9.13. The molecule has 0 saturated heterocycles. The van der Waals surface area contributed by atoms with Gasteiger partial charge in [-0.05, 0) is 47.2 Å². The molecule has 3 rings (SSSR count). The van der Waals surface area contributed by atoms with E-state index in [-0.39, 0.29) is 5.41 Å². The Morgan fingerprint density at radius 2 is 1.50 bits per heavy atom. The van der Waals surface area contributed by atoms with Crippen LogP contribution in [0, 0.1) is 0 Å². The summed E-state index contributed by atoms with van der Waals surface area (Å²) in [4.78, 5) is -0.456. The van der Waals surface area contributed by atoms with Gasteiger partial charge in [0.05, 0.1) is 0 Å². The molecule has 0 spiro atoms. The summed E-state index contributed by atoms with van der Waals surface area (Å²) in [5.74, 6) is -0.447. The largest absolute Gasteiger partial charge is 0.506 e. The van der Waals surface area contributed by atoms with Crippen molar-refractivity contribution >= 4 is 10.1 Å². The molecule has 0 aromatic heterocycles. The van der Waals surface area contributed by atoms with Gasteiger partial charge in [0.25, 0.3) is 10.1 Å². The zero-order valence-electron chi connectivity index (χ0n) is 16.0.